The molecular weight excluding hydrogens is 400 g/mol. The maximum absolute atomic E-state index is 12.7. The van der Waals surface area contributed by atoms with Gasteiger partial charge in [0.15, 0.2) is 12.2 Å². The fourth-order valence-electron chi connectivity index (χ4n) is 3.42. The lowest BCUT2D eigenvalue weighted by molar-refractivity contribution is -0.182. The predicted molar refractivity (Wildman–Crippen MR) is 115 cm³/mol. The first-order chi connectivity index (χ1) is 14.6. The summed E-state index contributed by atoms with van der Waals surface area (Å²) in [6.07, 6.45) is -0.240. The maximum atomic E-state index is 12.7. The van der Waals surface area contributed by atoms with Gasteiger partial charge in [-0.1, -0.05) is 27.7 Å². The highest BCUT2D eigenvalue weighted by Crippen LogP contribution is 2.46. The van der Waals surface area contributed by atoms with Crippen LogP contribution in [0.5, 0.6) is 5.75 Å². The first-order valence-electron chi connectivity index (χ1n) is 10.7. The average Bonchev–Trinajstić information content (AvgIpc) is 3.08. The number of ether oxygens (including phenoxy) is 3. The third-order valence-electron chi connectivity index (χ3n) is 5.91. The molecule has 4 atom stereocenters. The van der Waals surface area contributed by atoms with Gasteiger partial charge >= 0.3 is 17.6 Å². The van der Waals surface area contributed by atoms with Crippen molar-refractivity contribution >= 4 is 22.9 Å². The van der Waals surface area contributed by atoms with Gasteiger partial charge in [-0.3, -0.25) is 9.59 Å². The van der Waals surface area contributed by atoms with Gasteiger partial charge in [-0.05, 0) is 38.8 Å². The van der Waals surface area contributed by atoms with Crippen LogP contribution in [-0.4, -0.2) is 23.6 Å². The minimum Gasteiger partial charge on any atom is -0.481 e. The van der Waals surface area contributed by atoms with Crippen molar-refractivity contribution in [2.75, 3.05) is 0 Å². The molecule has 7 nitrogen and oxygen atoms in total. The minimum atomic E-state index is -1.08. The summed E-state index contributed by atoms with van der Waals surface area (Å²) in [6.45, 7) is 10.9. The van der Waals surface area contributed by atoms with Crippen LogP contribution in [0.15, 0.2) is 33.5 Å². The average molecular weight is 430 g/mol. The molecule has 0 bridgehead atoms. The highest BCUT2D eigenvalue weighted by Gasteiger charge is 2.49. The van der Waals surface area contributed by atoms with Crippen LogP contribution in [0, 0.1) is 11.8 Å². The second kappa shape index (κ2) is 8.73. The summed E-state index contributed by atoms with van der Waals surface area (Å²) in [4.78, 5) is 36.8. The molecular formula is C24H30O7. The van der Waals surface area contributed by atoms with Crippen LogP contribution in [0.25, 0.3) is 11.0 Å². The number of rotatable bonds is 7. The van der Waals surface area contributed by atoms with Crippen molar-refractivity contribution in [2.45, 2.75) is 72.2 Å². The molecule has 3 rings (SSSR count). The molecule has 7 heteroatoms. The number of carbonyl (C=O) groups is 2. The zero-order valence-electron chi connectivity index (χ0n) is 18.9. The van der Waals surface area contributed by atoms with E-state index in [-0.39, 0.29) is 23.8 Å². The Morgan fingerprint density at radius 2 is 1.71 bits per heavy atom. The lowest BCUT2D eigenvalue weighted by Crippen LogP contribution is -2.47. The second-order valence-electron chi connectivity index (χ2n) is 8.72. The molecule has 0 N–H and O–H groups in total. The van der Waals surface area contributed by atoms with E-state index in [2.05, 4.69) is 0 Å². The maximum Gasteiger partial charge on any atom is 0.336 e. The van der Waals surface area contributed by atoms with Crippen LogP contribution in [-0.2, 0) is 19.1 Å². The summed E-state index contributed by atoms with van der Waals surface area (Å²) < 4.78 is 23.1. The normalized spacial score (nSPS) is 19.9. The van der Waals surface area contributed by atoms with Crippen LogP contribution in [0.2, 0.25) is 0 Å². The second-order valence-corrected chi connectivity index (χ2v) is 8.72. The Labute approximate surface area is 181 Å². The van der Waals surface area contributed by atoms with Crippen LogP contribution >= 0.6 is 0 Å². The lowest BCUT2D eigenvalue weighted by Gasteiger charge is -2.34. The van der Waals surface area contributed by atoms with Crippen molar-refractivity contribution in [3.8, 4) is 5.75 Å². The summed E-state index contributed by atoms with van der Waals surface area (Å²) in [5.41, 5.74) is -0.527. The predicted octanol–water partition coefficient (Wildman–Crippen LogP) is 4.55. The van der Waals surface area contributed by atoms with E-state index in [0.29, 0.717) is 35.1 Å². The SMILES string of the molecule is CCC(C)C(=O)OC1c2cc3ccc(=O)oc3cc2OC1C(C)(C)OC(=O)C(C)CC. The largest absolute Gasteiger partial charge is 0.481 e. The monoisotopic (exact) mass is 430 g/mol. The fourth-order valence-corrected chi connectivity index (χ4v) is 3.42. The molecule has 0 aliphatic carbocycles. The standard InChI is InChI=1S/C24H30O7/c1-7-13(3)22(26)30-20-16-11-15-9-10-19(25)28-17(15)12-18(16)29-21(20)24(5,6)31-23(27)14(4)8-2/h9-14,20-21H,7-8H2,1-6H3. The quantitative estimate of drug-likeness (QED) is 0.470. The molecule has 2 aromatic rings. The zero-order chi connectivity index (χ0) is 22.9. The highest BCUT2D eigenvalue weighted by atomic mass is 16.6. The number of fused-ring (bicyclic) bond motifs is 2. The first kappa shape index (κ1) is 22.8. The third-order valence-corrected chi connectivity index (χ3v) is 5.91. The zero-order valence-corrected chi connectivity index (χ0v) is 18.9. The van der Waals surface area contributed by atoms with Gasteiger partial charge in [-0.2, -0.15) is 0 Å². The van der Waals surface area contributed by atoms with Gasteiger partial charge < -0.3 is 18.6 Å². The molecule has 0 saturated carbocycles. The van der Waals surface area contributed by atoms with Gasteiger partial charge in [-0.15, -0.1) is 0 Å². The summed E-state index contributed by atoms with van der Waals surface area (Å²) in [7, 11) is 0. The molecule has 1 aromatic carbocycles. The number of benzene rings is 1. The van der Waals surface area contributed by atoms with E-state index in [4.69, 9.17) is 18.6 Å². The number of hydrogen-bond acceptors (Lipinski definition) is 7. The van der Waals surface area contributed by atoms with Gasteiger partial charge in [0.2, 0.25) is 0 Å². The Balaban J connectivity index is 2.02. The molecule has 0 amide bonds. The van der Waals surface area contributed by atoms with E-state index in [0.717, 1.165) is 0 Å². The lowest BCUT2D eigenvalue weighted by atomic mass is 9.93. The van der Waals surface area contributed by atoms with Gasteiger partial charge in [0.25, 0.3) is 0 Å². The van der Waals surface area contributed by atoms with E-state index >= 15 is 0 Å². The van der Waals surface area contributed by atoms with Gasteiger partial charge in [0.05, 0.1) is 11.8 Å². The molecule has 0 spiro atoms. The van der Waals surface area contributed by atoms with E-state index in [1.165, 1.54) is 6.07 Å². The summed E-state index contributed by atoms with van der Waals surface area (Å²) >= 11 is 0. The van der Waals surface area contributed by atoms with Crippen molar-refractivity contribution in [1.82, 2.24) is 0 Å². The molecule has 4 unspecified atom stereocenters. The number of hydrogen-bond donors (Lipinski definition) is 0. The fraction of sp³-hybridized carbons (Fsp3) is 0.542. The molecule has 31 heavy (non-hydrogen) atoms. The molecule has 168 valence electrons. The molecule has 0 fully saturated rings. The molecule has 1 aromatic heterocycles. The topological polar surface area (TPSA) is 92.0 Å². The number of carbonyl (C=O) groups excluding carboxylic acids is 2. The Morgan fingerprint density at radius 3 is 2.35 bits per heavy atom. The molecule has 0 saturated heterocycles. The van der Waals surface area contributed by atoms with Crippen molar-refractivity contribution in [3.05, 3.63) is 40.2 Å². The molecule has 1 aliphatic heterocycles. The van der Waals surface area contributed by atoms with E-state index in [1.807, 2.05) is 13.8 Å². The van der Waals surface area contributed by atoms with E-state index in [1.54, 1.807) is 45.9 Å². The smallest absolute Gasteiger partial charge is 0.336 e. The van der Waals surface area contributed by atoms with Crippen molar-refractivity contribution in [1.29, 1.82) is 0 Å². The van der Waals surface area contributed by atoms with Gasteiger partial charge in [-0.25, -0.2) is 4.79 Å². The van der Waals surface area contributed by atoms with Crippen LogP contribution in [0.1, 0.15) is 66.1 Å². The van der Waals surface area contributed by atoms with Crippen LogP contribution < -0.4 is 10.4 Å². The third kappa shape index (κ3) is 4.60. The Morgan fingerprint density at radius 1 is 1.06 bits per heavy atom. The van der Waals surface area contributed by atoms with Crippen molar-refractivity contribution in [3.63, 3.8) is 0 Å². The molecule has 1 aliphatic rings. The van der Waals surface area contributed by atoms with Gasteiger partial charge in [0.1, 0.15) is 16.9 Å². The number of esters is 2. The first-order valence-corrected chi connectivity index (χ1v) is 10.7. The van der Waals surface area contributed by atoms with E-state index in [9.17, 15) is 14.4 Å². The van der Waals surface area contributed by atoms with E-state index < -0.39 is 23.4 Å². The summed E-state index contributed by atoms with van der Waals surface area (Å²) in [6, 6.07) is 6.38. The Bertz CT molecular complexity index is 1040. The Hall–Kier alpha value is -2.83. The Kier molecular flexibility index (Phi) is 6.43. The van der Waals surface area contributed by atoms with Crippen molar-refractivity contribution in [2.24, 2.45) is 11.8 Å². The molecule has 0 radical (unpaired) electrons. The van der Waals surface area contributed by atoms with Crippen molar-refractivity contribution < 1.29 is 28.2 Å². The summed E-state index contributed by atoms with van der Waals surface area (Å²) in [5.74, 6) is -0.802. The van der Waals surface area contributed by atoms with Crippen LogP contribution in [0.4, 0.5) is 0 Å². The minimum absolute atomic E-state index is 0.263. The highest BCUT2D eigenvalue weighted by molar-refractivity contribution is 5.80. The summed E-state index contributed by atoms with van der Waals surface area (Å²) in [5, 5.41) is 0.682. The van der Waals surface area contributed by atoms with Gasteiger partial charge in [0, 0.05) is 23.1 Å². The van der Waals surface area contributed by atoms with Crippen LogP contribution in [0.3, 0.4) is 0 Å². The molecule has 2 heterocycles.